The molecule has 96 valence electrons. The van der Waals surface area contributed by atoms with Crippen LogP contribution in [0, 0.1) is 0 Å². The van der Waals surface area contributed by atoms with E-state index in [0.717, 1.165) is 32.5 Å². The molecule has 0 saturated carbocycles. The molecule has 2 fully saturated rings. The third-order valence-electron chi connectivity index (χ3n) is 4.11. The Kier molecular flexibility index (Phi) is 3.06. The Morgan fingerprint density at radius 2 is 1.89 bits per heavy atom. The maximum absolute atomic E-state index is 12.2. The van der Waals surface area contributed by atoms with Crippen LogP contribution >= 0.6 is 0 Å². The van der Waals surface area contributed by atoms with Crippen molar-refractivity contribution in [2.24, 2.45) is 0 Å². The van der Waals surface area contributed by atoms with Crippen LogP contribution in [0.25, 0.3) is 0 Å². The molecule has 2 saturated heterocycles. The highest BCUT2D eigenvalue weighted by Gasteiger charge is 2.48. The minimum absolute atomic E-state index is 0.208. The number of nitrogens with one attached hydrogen (secondary N) is 2. The molecule has 0 aromatic heterocycles. The Labute approximate surface area is 107 Å². The lowest BCUT2D eigenvalue weighted by Crippen LogP contribution is -2.54. The van der Waals surface area contributed by atoms with Crippen LogP contribution in [0.1, 0.15) is 18.4 Å². The minimum atomic E-state index is -0.277. The van der Waals surface area contributed by atoms with Crippen LogP contribution in [0.3, 0.4) is 0 Å². The molecule has 2 aliphatic rings. The lowest BCUT2D eigenvalue weighted by molar-refractivity contribution is -0.128. The Bertz CT molecular complexity index is 426. The standard InChI is InChI=1S/C14H19N3O/c18-13-14(6-8-15-9-7-14)17(11-16-13)10-12-4-2-1-3-5-12/h1-5,15H,6-11H2,(H,16,18). The summed E-state index contributed by atoms with van der Waals surface area (Å²) in [7, 11) is 0. The molecule has 1 amide bonds. The summed E-state index contributed by atoms with van der Waals surface area (Å²) < 4.78 is 0. The van der Waals surface area contributed by atoms with Crippen molar-refractivity contribution >= 4 is 5.91 Å². The van der Waals surface area contributed by atoms with Gasteiger partial charge in [-0.1, -0.05) is 30.3 Å². The highest BCUT2D eigenvalue weighted by atomic mass is 16.2. The van der Waals surface area contributed by atoms with Gasteiger partial charge in [-0.2, -0.15) is 0 Å². The maximum atomic E-state index is 12.2. The number of hydrogen-bond acceptors (Lipinski definition) is 3. The first kappa shape index (κ1) is 11.7. The Morgan fingerprint density at radius 3 is 2.61 bits per heavy atom. The van der Waals surface area contributed by atoms with Crippen molar-refractivity contribution in [1.82, 2.24) is 15.5 Å². The van der Waals surface area contributed by atoms with Gasteiger partial charge in [0.25, 0.3) is 0 Å². The normalized spacial score (nSPS) is 23.2. The number of amides is 1. The summed E-state index contributed by atoms with van der Waals surface area (Å²) in [6, 6.07) is 10.4. The fourth-order valence-electron chi connectivity index (χ4n) is 3.02. The summed E-state index contributed by atoms with van der Waals surface area (Å²) in [6.45, 7) is 3.38. The molecule has 4 nitrogen and oxygen atoms in total. The van der Waals surface area contributed by atoms with Gasteiger partial charge in [-0.05, 0) is 31.5 Å². The second-order valence-electron chi connectivity index (χ2n) is 5.13. The molecule has 0 bridgehead atoms. The molecule has 0 unspecified atom stereocenters. The van der Waals surface area contributed by atoms with E-state index in [-0.39, 0.29) is 11.4 Å². The molecular weight excluding hydrogens is 226 g/mol. The van der Waals surface area contributed by atoms with Crippen LogP contribution in [0.5, 0.6) is 0 Å². The van der Waals surface area contributed by atoms with Gasteiger partial charge in [0.2, 0.25) is 5.91 Å². The molecule has 2 N–H and O–H groups in total. The number of benzene rings is 1. The predicted molar refractivity (Wildman–Crippen MR) is 69.8 cm³/mol. The fourth-order valence-corrected chi connectivity index (χ4v) is 3.02. The summed E-state index contributed by atoms with van der Waals surface area (Å²) in [4.78, 5) is 14.5. The molecule has 4 heteroatoms. The van der Waals surface area contributed by atoms with Gasteiger partial charge in [0.15, 0.2) is 0 Å². The molecule has 0 aliphatic carbocycles. The van der Waals surface area contributed by atoms with Crippen molar-refractivity contribution in [3.8, 4) is 0 Å². The molecule has 3 rings (SSSR count). The molecule has 2 heterocycles. The van der Waals surface area contributed by atoms with Crippen LogP contribution in [0.15, 0.2) is 30.3 Å². The number of hydrogen-bond donors (Lipinski definition) is 2. The van der Waals surface area contributed by atoms with E-state index in [9.17, 15) is 4.79 Å². The Hall–Kier alpha value is -1.39. The third kappa shape index (κ3) is 1.91. The zero-order chi connectivity index (χ0) is 12.4. The smallest absolute Gasteiger partial charge is 0.241 e. The van der Waals surface area contributed by atoms with Crippen LogP contribution in [0.2, 0.25) is 0 Å². The average Bonchev–Trinajstić information content (AvgIpc) is 2.70. The first-order valence-corrected chi connectivity index (χ1v) is 6.59. The second-order valence-corrected chi connectivity index (χ2v) is 5.13. The quantitative estimate of drug-likeness (QED) is 0.806. The highest BCUT2D eigenvalue weighted by molar-refractivity contribution is 5.88. The number of carbonyl (C=O) groups is 1. The van der Waals surface area contributed by atoms with Gasteiger partial charge >= 0.3 is 0 Å². The Morgan fingerprint density at radius 1 is 1.17 bits per heavy atom. The Balaban J connectivity index is 1.80. The summed E-state index contributed by atoms with van der Waals surface area (Å²) in [6.07, 6.45) is 1.82. The summed E-state index contributed by atoms with van der Waals surface area (Å²) in [5, 5.41) is 6.34. The summed E-state index contributed by atoms with van der Waals surface area (Å²) >= 11 is 0. The van der Waals surface area contributed by atoms with Crippen LogP contribution < -0.4 is 10.6 Å². The van der Waals surface area contributed by atoms with Gasteiger partial charge in [0, 0.05) is 6.54 Å². The molecule has 1 spiro atoms. The number of nitrogens with zero attached hydrogens (tertiary/aromatic N) is 1. The number of piperidine rings is 1. The van der Waals surface area contributed by atoms with E-state index in [1.165, 1.54) is 5.56 Å². The van der Waals surface area contributed by atoms with Gasteiger partial charge in [-0.15, -0.1) is 0 Å². The predicted octanol–water partition coefficient (Wildman–Crippen LogP) is 0.698. The topological polar surface area (TPSA) is 44.4 Å². The minimum Gasteiger partial charge on any atom is -0.342 e. The van der Waals surface area contributed by atoms with E-state index in [4.69, 9.17) is 0 Å². The van der Waals surface area contributed by atoms with Crippen LogP contribution in [0.4, 0.5) is 0 Å². The van der Waals surface area contributed by atoms with Crippen molar-refractivity contribution in [3.05, 3.63) is 35.9 Å². The van der Waals surface area contributed by atoms with E-state index in [1.807, 2.05) is 6.07 Å². The van der Waals surface area contributed by atoms with Crippen molar-refractivity contribution < 1.29 is 4.79 Å². The molecule has 2 aliphatic heterocycles. The third-order valence-corrected chi connectivity index (χ3v) is 4.11. The van der Waals surface area contributed by atoms with Gasteiger partial charge < -0.3 is 10.6 Å². The van der Waals surface area contributed by atoms with Gasteiger partial charge in [-0.3, -0.25) is 9.69 Å². The number of carbonyl (C=O) groups excluding carboxylic acids is 1. The van der Waals surface area contributed by atoms with Crippen molar-refractivity contribution in [2.75, 3.05) is 19.8 Å². The average molecular weight is 245 g/mol. The maximum Gasteiger partial charge on any atom is 0.241 e. The van der Waals surface area contributed by atoms with E-state index < -0.39 is 0 Å². The van der Waals surface area contributed by atoms with Gasteiger partial charge in [0.1, 0.15) is 5.54 Å². The molecule has 0 atom stereocenters. The van der Waals surface area contributed by atoms with E-state index >= 15 is 0 Å². The van der Waals surface area contributed by atoms with E-state index in [2.05, 4.69) is 39.8 Å². The fraction of sp³-hybridized carbons (Fsp3) is 0.500. The molecule has 18 heavy (non-hydrogen) atoms. The van der Waals surface area contributed by atoms with Crippen molar-refractivity contribution in [3.63, 3.8) is 0 Å². The van der Waals surface area contributed by atoms with Crippen LogP contribution in [-0.2, 0) is 11.3 Å². The second kappa shape index (κ2) is 4.71. The lowest BCUT2D eigenvalue weighted by Gasteiger charge is -2.38. The molecular formula is C14H19N3O. The van der Waals surface area contributed by atoms with E-state index in [1.54, 1.807) is 0 Å². The van der Waals surface area contributed by atoms with Crippen molar-refractivity contribution in [2.45, 2.75) is 24.9 Å². The van der Waals surface area contributed by atoms with Gasteiger partial charge in [-0.25, -0.2) is 0 Å². The molecule has 1 aromatic carbocycles. The zero-order valence-corrected chi connectivity index (χ0v) is 10.5. The first-order chi connectivity index (χ1) is 8.81. The van der Waals surface area contributed by atoms with Gasteiger partial charge in [0.05, 0.1) is 6.67 Å². The number of rotatable bonds is 2. The SMILES string of the molecule is O=C1NCN(Cc2ccccc2)C12CCNCC2. The van der Waals surface area contributed by atoms with Crippen LogP contribution in [-0.4, -0.2) is 36.1 Å². The molecule has 0 radical (unpaired) electrons. The van der Waals surface area contributed by atoms with Crippen molar-refractivity contribution in [1.29, 1.82) is 0 Å². The first-order valence-electron chi connectivity index (χ1n) is 6.59. The lowest BCUT2D eigenvalue weighted by atomic mass is 9.86. The summed E-state index contributed by atoms with van der Waals surface area (Å²) in [5.74, 6) is 0.208. The van der Waals surface area contributed by atoms with E-state index in [0.29, 0.717) is 6.67 Å². The summed E-state index contributed by atoms with van der Waals surface area (Å²) in [5.41, 5.74) is 0.994. The highest BCUT2D eigenvalue weighted by Crippen LogP contribution is 2.31. The largest absolute Gasteiger partial charge is 0.342 e. The zero-order valence-electron chi connectivity index (χ0n) is 10.5. The monoisotopic (exact) mass is 245 g/mol. The molecule has 1 aromatic rings.